The molecule has 3 atom stereocenters. The van der Waals surface area contributed by atoms with Gasteiger partial charge in [-0.05, 0) is 49.2 Å². The third kappa shape index (κ3) is 4.15. The maximum absolute atomic E-state index is 13.0. The molecule has 2 aliphatic rings. The number of ketones is 1. The lowest BCUT2D eigenvalue weighted by Crippen LogP contribution is -2.43. The highest BCUT2D eigenvalue weighted by molar-refractivity contribution is 5.96. The number of hydrogen-bond acceptors (Lipinski definition) is 6. The van der Waals surface area contributed by atoms with Crippen molar-refractivity contribution in [3.8, 4) is 11.5 Å². The largest absolute Gasteiger partial charge is 0.493 e. The van der Waals surface area contributed by atoms with Crippen molar-refractivity contribution in [3.63, 3.8) is 0 Å². The Morgan fingerprint density at radius 1 is 1.07 bits per heavy atom. The molecule has 156 valence electrons. The van der Waals surface area contributed by atoms with Crippen LogP contribution in [-0.2, 0) is 14.3 Å². The van der Waals surface area contributed by atoms with E-state index in [0.717, 1.165) is 0 Å². The van der Waals surface area contributed by atoms with Crippen LogP contribution in [0.3, 0.4) is 0 Å². The zero-order valence-corrected chi connectivity index (χ0v) is 16.4. The number of methoxy groups -OCH3 is 1. The molecule has 1 aliphatic heterocycles. The number of ether oxygens (including phenoxy) is 4. The van der Waals surface area contributed by atoms with E-state index in [4.69, 9.17) is 18.9 Å². The number of esters is 1. The Labute approximate surface area is 173 Å². The van der Waals surface area contributed by atoms with Gasteiger partial charge in [0.05, 0.1) is 18.6 Å². The molecule has 0 spiro atoms. The van der Waals surface area contributed by atoms with Gasteiger partial charge in [-0.2, -0.15) is 0 Å². The molecule has 2 aromatic carbocycles. The molecule has 3 unspecified atom stereocenters. The Kier molecular flexibility index (Phi) is 5.70. The van der Waals surface area contributed by atoms with Gasteiger partial charge in [-0.1, -0.05) is 12.1 Å². The maximum atomic E-state index is 13.0. The lowest BCUT2D eigenvalue weighted by molar-refractivity contribution is -0.132. The van der Waals surface area contributed by atoms with E-state index in [1.54, 1.807) is 18.2 Å². The summed E-state index contributed by atoms with van der Waals surface area (Å²) in [5.41, 5.74) is 0.284. The lowest BCUT2D eigenvalue weighted by atomic mass is 9.80. The van der Waals surface area contributed by atoms with Crippen LogP contribution in [-0.4, -0.2) is 31.1 Å². The number of carbonyl (C=O) groups excluding carboxylic acids is 2. The fourth-order valence-electron chi connectivity index (χ4n) is 3.74. The molecule has 0 bridgehead atoms. The smallest absolute Gasteiger partial charge is 0.338 e. The molecule has 1 saturated carbocycles. The van der Waals surface area contributed by atoms with E-state index in [0.29, 0.717) is 30.8 Å². The van der Waals surface area contributed by atoms with Crippen molar-refractivity contribution in [2.75, 3.05) is 7.11 Å². The van der Waals surface area contributed by atoms with Crippen molar-refractivity contribution in [1.82, 2.24) is 0 Å². The van der Waals surface area contributed by atoms with Crippen LogP contribution in [0.5, 0.6) is 11.5 Å². The summed E-state index contributed by atoms with van der Waals surface area (Å²) < 4.78 is 35.3. The second-order valence-electron chi connectivity index (χ2n) is 7.23. The van der Waals surface area contributed by atoms with Crippen molar-refractivity contribution in [2.24, 2.45) is 5.92 Å². The van der Waals surface area contributed by atoms with Gasteiger partial charge in [0.1, 0.15) is 24.3 Å². The lowest BCUT2D eigenvalue weighted by Gasteiger charge is -2.36. The van der Waals surface area contributed by atoms with E-state index in [1.807, 2.05) is 6.07 Å². The molecule has 1 aliphatic carbocycles. The summed E-state index contributed by atoms with van der Waals surface area (Å²) in [6.45, 7) is 0. The van der Waals surface area contributed by atoms with E-state index >= 15 is 0 Å². The average molecular weight is 412 g/mol. The van der Waals surface area contributed by atoms with Gasteiger partial charge >= 0.3 is 5.97 Å². The second kappa shape index (κ2) is 8.57. The maximum Gasteiger partial charge on any atom is 0.338 e. The molecule has 0 amide bonds. The van der Waals surface area contributed by atoms with Crippen LogP contribution in [0.15, 0.2) is 60.6 Å². The van der Waals surface area contributed by atoms with E-state index < -0.39 is 11.8 Å². The van der Waals surface area contributed by atoms with E-state index in [-0.39, 0.29) is 35.2 Å². The quantitative estimate of drug-likeness (QED) is 0.690. The van der Waals surface area contributed by atoms with Gasteiger partial charge < -0.3 is 18.9 Å². The summed E-state index contributed by atoms with van der Waals surface area (Å²) in [4.78, 5) is 25.2. The predicted molar refractivity (Wildman–Crippen MR) is 105 cm³/mol. The highest BCUT2D eigenvalue weighted by atomic mass is 19.1. The summed E-state index contributed by atoms with van der Waals surface area (Å²) in [6, 6.07) is 12.2. The number of carbonyl (C=O) groups is 2. The number of allylic oxidation sites excluding steroid dienone is 1. The van der Waals surface area contributed by atoms with Crippen molar-refractivity contribution in [2.45, 2.75) is 31.5 Å². The van der Waals surface area contributed by atoms with Gasteiger partial charge in [0.15, 0.2) is 11.5 Å². The SMILES string of the molecule is COc1ccccc1OC1=COC2CC(OC(=O)c3ccc(F)cc3)CCC2C1=O. The standard InChI is InChI=1S/C23H21FO6/c1-27-18-4-2-3-5-19(18)30-21-13-28-20-12-16(10-11-17(20)22(21)25)29-23(26)14-6-8-15(24)9-7-14/h2-9,13,16-17,20H,10-12H2,1H3. The molecule has 7 heteroatoms. The Morgan fingerprint density at radius 2 is 1.80 bits per heavy atom. The number of rotatable bonds is 5. The van der Waals surface area contributed by atoms with Crippen LogP contribution < -0.4 is 9.47 Å². The predicted octanol–water partition coefficient (Wildman–Crippen LogP) is 4.05. The molecule has 6 nitrogen and oxygen atoms in total. The number of halogens is 1. The number of fused-ring (bicyclic) bond motifs is 1. The van der Waals surface area contributed by atoms with Gasteiger partial charge in [-0.3, -0.25) is 4.79 Å². The Hall–Kier alpha value is -3.35. The summed E-state index contributed by atoms with van der Waals surface area (Å²) in [5, 5.41) is 0. The van der Waals surface area contributed by atoms with Gasteiger partial charge in [0, 0.05) is 6.42 Å². The Balaban J connectivity index is 1.39. The fourth-order valence-corrected chi connectivity index (χ4v) is 3.74. The minimum Gasteiger partial charge on any atom is -0.493 e. The zero-order chi connectivity index (χ0) is 21.1. The molecule has 30 heavy (non-hydrogen) atoms. The summed E-state index contributed by atoms with van der Waals surface area (Å²) in [5.74, 6) is -0.354. The first-order valence-corrected chi connectivity index (χ1v) is 9.72. The van der Waals surface area contributed by atoms with Gasteiger partial charge in [-0.15, -0.1) is 0 Å². The first kappa shape index (κ1) is 19.9. The van der Waals surface area contributed by atoms with E-state index in [1.165, 1.54) is 37.6 Å². The van der Waals surface area contributed by atoms with Crippen molar-refractivity contribution >= 4 is 11.8 Å². The first-order valence-electron chi connectivity index (χ1n) is 9.72. The highest BCUT2D eigenvalue weighted by Gasteiger charge is 2.42. The third-order valence-corrected chi connectivity index (χ3v) is 5.32. The Morgan fingerprint density at radius 3 is 2.53 bits per heavy atom. The number of Topliss-reactive ketones (excluding diaryl/α,β-unsaturated/α-hetero) is 1. The summed E-state index contributed by atoms with van der Waals surface area (Å²) >= 11 is 0. The van der Waals surface area contributed by atoms with Crippen LogP contribution in [0, 0.1) is 11.7 Å². The molecular formula is C23H21FO6. The van der Waals surface area contributed by atoms with Crippen LogP contribution in [0.4, 0.5) is 4.39 Å². The number of hydrogen-bond donors (Lipinski definition) is 0. The minimum absolute atomic E-state index is 0.127. The van der Waals surface area contributed by atoms with Crippen LogP contribution >= 0.6 is 0 Å². The second-order valence-corrected chi connectivity index (χ2v) is 7.23. The monoisotopic (exact) mass is 412 g/mol. The topological polar surface area (TPSA) is 71.1 Å². The third-order valence-electron chi connectivity index (χ3n) is 5.32. The van der Waals surface area contributed by atoms with Crippen LogP contribution in [0.2, 0.25) is 0 Å². The van der Waals surface area contributed by atoms with E-state index in [2.05, 4.69) is 0 Å². The molecule has 0 radical (unpaired) electrons. The summed E-state index contributed by atoms with van der Waals surface area (Å²) in [6.07, 6.45) is 2.01. The summed E-state index contributed by atoms with van der Waals surface area (Å²) in [7, 11) is 1.53. The molecule has 1 heterocycles. The highest BCUT2D eigenvalue weighted by Crippen LogP contribution is 2.36. The molecule has 0 aromatic heterocycles. The first-order chi connectivity index (χ1) is 14.5. The molecule has 0 N–H and O–H groups in total. The van der Waals surface area contributed by atoms with Crippen molar-refractivity contribution < 1.29 is 32.9 Å². The van der Waals surface area contributed by atoms with Crippen molar-refractivity contribution in [3.05, 3.63) is 71.9 Å². The minimum atomic E-state index is -0.517. The molecule has 2 aromatic rings. The molecule has 0 saturated heterocycles. The average Bonchev–Trinajstić information content (AvgIpc) is 2.76. The number of para-hydroxylation sites is 2. The fraction of sp³-hybridized carbons (Fsp3) is 0.304. The van der Waals surface area contributed by atoms with Crippen molar-refractivity contribution in [1.29, 1.82) is 0 Å². The van der Waals surface area contributed by atoms with Gasteiger partial charge in [0.25, 0.3) is 0 Å². The van der Waals surface area contributed by atoms with Gasteiger partial charge in [0.2, 0.25) is 11.5 Å². The molecule has 4 rings (SSSR count). The number of benzene rings is 2. The van der Waals surface area contributed by atoms with Crippen LogP contribution in [0.1, 0.15) is 29.6 Å². The molecule has 1 fully saturated rings. The van der Waals surface area contributed by atoms with Gasteiger partial charge in [-0.25, -0.2) is 9.18 Å². The Bertz CT molecular complexity index is 968. The van der Waals surface area contributed by atoms with E-state index in [9.17, 15) is 14.0 Å². The molecular weight excluding hydrogens is 391 g/mol. The van der Waals surface area contributed by atoms with Crippen LogP contribution in [0.25, 0.3) is 0 Å². The normalized spacial score (nSPS) is 22.9. The zero-order valence-electron chi connectivity index (χ0n) is 16.4.